The number of carbonyl (C=O) groups excluding carboxylic acids is 5. The van der Waals surface area contributed by atoms with Crippen molar-refractivity contribution in [2.45, 2.75) is 29.1 Å². The number of ether oxygens (including phenoxy) is 1. The zero-order valence-corrected chi connectivity index (χ0v) is 44.9. The van der Waals surface area contributed by atoms with Crippen LogP contribution in [-0.4, -0.2) is 244 Å². The minimum atomic E-state index is -1.38. The number of amides is 4. The summed E-state index contributed by atoms with van der Waals surface area (Å²) in [6.45, 7) is 3.81. The first-order valence-electron chi connectivity index (χ1n) is 22.5. The average molecular weight is 1190 g/mol. The number of hydrazone groups is 1. The Kier molecular flexibility index (Phi) is 20.8. The number of aliphatic hydroxyl groups excluding tert-OH is 1. The summed E-state index contributed by atoms with van der Waals surface area (Å²) in [5.41, 5.74) is 10.4. The first kappa shape index (κ1) is 60.1. The number of thioether (sulfide) groups is 2. The lowest BCUT2D eigenvalue weighted by molar-refractivity contribution is -0.157. The Hall–Kier alpha value is -7.14. The number of nitrogens with zero attached hydrogens (tertiary/aromatic N) is 13. The van der Waals surface area contributed by atoms with E-state index in [0.717, 1.165) is 67.2 Å². The molecule has 4 amide bonds. The van der Waals surface area contributed by atoms with Gasteiger partial charge in [0.05, 0.1) is 6.21 Å². The van der Waals surface area contributed by atoms with E-state index in [9.17, 15) is 47.8 Å². The highest BCUT2D eigenvalue weighted by molar-refractivity contribution is 8.00. The molecule has 9 rings (SSSR count). The molecule has 40 heteroatoms. The molecule has 0 bridgehead atoms. The summed E-state index contributed by atoms with van der Waals surface area (Å²) in [5.74, 6) is 0.836. The predicted octanol–water partition coefficient (Wildman–Crippen LogP) is -4.38. The van der Waals surface area contributed by atoms with Gasteiger partial charge in [-0.05, 0) is 0 Å². The van der Waals surface area contributed by atoms with E-state index in [1.807, 2.05) is 9.80 Å². The minimum absolute atomic E-state index is 0. The third-order valence-corrected chi connectivity index (χ3v) is 15.2. The number of hydrogen-bond donors (Lipinski definition) is 11. The molecule has 7 aliphatic rings. The molecule has 14 N–H and O–H groups in total. The maximum Gasteiger partial charge on any atom is 0.357 e. The zero-order valence-electron chi connectivity index (χ0n) is 40.9. The summed E-state index contributed by atoms with van der Waals surface area (Å²) in [6.07, 6.45) is -0.0600. The van der Waals surface area contributed by atoms with Crippen LogP contribution in [0, 0.1) is 10.8 Å². The number of aliphatic hydroxyl groups is 1. The number of anilines is 2. The van der Waals surface area contributed by atoms with Crippen LogP contribution in [-0.2, 0) is 43.2 Å². The van der Waals surface area contributed by atoms with Gasteiger partial charge in [0.15, 0.2) is 10.3 Å². The minimum Gasteiger partial charge on any atom is -0.477 e. The molecule has 9 heterocycles. The maximum absolute atomic E-state index is 12.9. The number of hydrazine groups is 1. The average Bonchev–Trinajstić information content (AvgIpc) is 4.21. The van der Waals surface area contributed by atoms with E-state index in [0.29, 0.717) is 24.6 Å². The van der Waals surface area contributed by atoms with E-state index in [4.69, 9.17) is 32.9 Å². The number of carboxylic acid groups (broad SMARTS) is 1. The van der Waals surface area contributed by atoms with Crippen molar-refractivity contribution in [2.24, 2.45) is 21.3 Å². The third-order valence-electron chi connectivity index (χ3n) is 11.5. The van der Waals surface area contributed by atoms with Gasteiger partial charge in [-0.3, -0.25) is 44.8 Å². The number of rotatable bonds is 13. The fraction of sp³-hybridized carbons (Fsp3) is 0.500. The summed E-state index contributed by atoms with van der Waals surface area (Å²) in [6, 6.07) is -2.07. The number of fused-ring (bicyclic) bond motifs is 3. The predicted molar refractivity (Wildman–Crippen MR) is 279 cm³/mol. The largest absolute Gasteiger partial charge is 0.477 e. The number of guanidine groups is 2. The van der Waals surface area contributed by atoms with Gasteiger partial charge in [-0.15, -0.1) is 35.9 Å². The number of nitrogens with one attached hydrogen (secondary N) is 6. The smallest absolute Gasteiger partial charge is 0.357 e. The van der Waals surface area contributed by atoms with Crippen LogP contribution >= 0.6 is 59.0 Å². The van der Waals surface area contributed by atoms with E-state index in [2.05, 4.69) is 65.1 Å². The van der Waals surface area contributed by atoms with Crippen LogP contribution in [0.1, 0.15) is 11.6 Å². The van der Waals surface area contributed by atoms with E-state index < -0.39 is 89.8 Å². The van der Waals surface area contributed by atoms with Crippen molar-refractivity contribution < 1.29 is 62.2 Å². The number of nitrogen functional groups attached to an aromatic ring is 2. The Bertz CT molecular complexity index is 2790. The fourth-order valence-electron chi connectivity index (χ4n) is 7.81. The first-order chi connectivity index (χ1) is 36.9. The Labute approximate surface area is 462 Å². The molecule has 4 fully saturated rings. The van der Waals surface area contributed by atoms with Gasteiger partial charge in [0.25, 0.3) is 37.4 Å². The Morgan fingerprint density at radius 3 is 1.77 bits per heavy atom. The molecule has 33 nitrogen and oxygen atoms in total. The number of carbonyl (C=O) groups is 6. The van der Waals surface area contributed by atoms with Gasteiger partial charge >= 0.3 is 11.9 Å². The van der Waals surface area contributed by atoms with Gasteiger partial charge in [-0.2, -0.15) is 23.8 Å². The molecule has 0 aliphatic carbocycles. The van der Waals surface area contributed by atoms with Gasteiger partial charge in [0.2, 0.25) is 41.3 Å². The van der Waals surface area contributed by atoms with E-state index >= 15 is 0 Å². The second-order valence-corrected chi connectivity index (χ2v) is 20.1. The first-order valence-corrected chi connectivity index (χ1v) is 26.2. The van der Waals surface area contributed by atoms with Crippen molar-refractivity contribution in [2.75, 3.05) is 103 Å². The number of hydrogen-bond acceptors (Lipinski definition) is 28. The molecule has 0 spiro atoms. The number of oxime groups is 2. The number of cyclic esters (lactones) is 1. The number of nitrogens with two attached hydrogens (primary N) is 3. The Morgan fingerprint density at radius 1 is 0.833 bits per heavy atom. The summed E-state index contributed by atoms with van der Waals surface area (Å²) >= 11 is 4.04. The van der Waals surface area contributed by atoms with E-state index in [1.165, 1.54) is 44.7 Å². The Balaban J connectivity index is 0.000000215. The molecule has 2 aromatic heterocycles. The number of alkyl halides is 2. The number of piperazine rings is 2. The van der Waals surface area contributed by atoms with Crippen molar-refractivity contribution in [1.82, 2.24) is 69.6 Å². The SMILES string of the molecule is CN(/N=C/C1=C(C(=O)O)N2C(=O)[C@@H](NC(=O)/C(=N\OCF)c3nsc(N)n3)C2SC1)C(=N)N1CCNCC1.CN(N)C(=N)N1CCNCC1.Cl.Nc1nc(/C(=N/OCF)C(=O)N[C@@H]2C(=O)N3C4=C(CSC23)C(O)OC4=O)ns1. The van der Waals surface area contributed by atoms with Crippen molar-refractivity contribution in [3.63, 3.8) is 0 Å². The fourth-order valence-corrected chi connectivity index (χ4v) is 11.3. The normalized spacial score (nSPS) is 22.6. The van der Waals surface area contributed by atoms with E-state index in [1.54, 1.807) is 14.1 Å². The van der Waals surface area contributed by atoms with Gasteiger partial charge in [0.1, 0.15) is 34.2 Å². The number of aliphatic carboxylic acids is 1. The molecule has 2 aromatic rings. The number of halogens is 3. The summed E-state index contributed by atoms with van der Waals surface area (Å²) in [5, 5.41) is 59.1. The van der Waals surface area contributed by atoms with Crippen LogP contribution in [0.4, 0.5) is 19.0 Å². The third kappa shape index (κ3) is 13.4. The zero-order chi connectivity index (χ0) is 55.7. The summed E-state index contributed by atoms with van der Waals surface area (Å²) in [7, 11) is 3.27. The van der Waals surface area contributed by atoms with Gasteiger partial charge in [0, 0.05) is 112 Å². The van der Waals surface area contributed by atoms with Crippen LogP contribution in [0.25, 0.3) is 0 Å². The highest BCUT2D eigenvalue weighted by Crippen LogP contribution is 2.44. The molecule has 0 saturated carbocycles. The molecule has 424 valence electrons. The van der Waals surface area contributed by atoms with Gasteiger partial charge in [-0.25, -0.2) is 29.2 Å². The van der Waals surface area contributed by atoms with Gasteiger partial charge in [-0.1, -0.05) is 10.3 Å². The standard InChI is InChI=1S/C19H24FN11O5S2.C13H11FN6O6S2.C6H15N5.ClH/c1-29(19(22)30-4-2-23-3-5-30)24-6-9-7-37-16-11(15(33)31(16)12(9)17(34)35)25-14(32)10(27-36-8-20)13-26-18(21)38-28-13;14-2-25-18-4(7-17-13(15)28-19-7)8(21)16-5-9(22)20-6-3(1-27-10(5)20)11(23)26-12(6)24;1-10(8)6(7)11-4-2-9-3-5-11;/h6,11,16,22-23H,2-5,7-8H2,1H3,(H,25,32)(H,34,35)(H2,21,26,28);5,10-11,23H,1-2H2,(H,16,21)(H2,15,17,19);7,9H,2-5,8H2,1H3;1H/b22-19?,24-6+,27-10-;18-4-;;/t11-,16?;5-,10?,11?;;/m11../s1. The lowest BCUT2D eigenvalue weighted by Crippen LogP contribution is -2.71. The summed E-state index contributed by atoms with van der Waals surface area (Å²) < 4.78 is 37.2. The van der Waals surface area contributed by atoms with E-state index in [-0.39, 0.29) is 68.8 Å². The van der Waals surface area contributed by atoms with Crippen LogP contribution in [0.2, 0.25) is 0 Å². The van der Waals surface area contributed by atoms with Crippen LogP contribution in [0.5, 0.6) is 0 Å². The van der Waals surface area contributed by atoms with Crippen molar-refractivity contribution >= 4 is 134 Å². The molecular formula is C38H51ClF2N22O11S4. The van der Waals surface area contributed by atoms with Crippen molar-refractivity contribution in [3.8, 4) is 0 Å². The molecule has 5 atom stereocenters. The lowest BCUT2D eigenvalue weighted by Gasteiger charge is -2.49. The van der Waals surface area contributed by atoms with Crippen molar-refractivity contribution in [3.05, 3.63) is 34.2 Å². The van der Waals surface area contributed by atoms with Crippen LogP contribution in [0.15, 0.2) is 38.0 Å². The molecule has 3 unspecified atom stereocenters. The highest BCUT2D eigenvalue weighted by atomic mass is 35.5. The Morgan fingerprint density at radius 2 is 1.31 bits per heavy atom. The van der Waals surface area contributed by atoms with Gasteiger partial charge < -0.3 is 67.2 Å². The maximum atomic E-state index is 12.9. The second-order valence-electron chi connectivity index (χ2n) is 16.3. The number of esters is 1. The monoisotopic (exact) mass is 1190 g/mol. The summed E-state index contributed by atoms with van der Waals surface area (Å²) in [4.78, 5) is 97.0. The molecule has 0 radical (unpaired) electrons. The number of aromatic nitrogens is 4. The molecule has 7 aliphatic heterocycles. The van der Waals surface area contributed by atoms with Crippen LogP contribution in [0.3, 0.4) is 0 Å². The molecular weight excluding hydrogens is 1140 g/mol. The van der Waals surface area contributed by atoms with Crippen molar-refractivity contribution in [1.29, 1.82) is 10.8 Å². The number of β-lactam (4-membered cyclic amide) rings is 2. The molecule has 78 heavy (non-hydrogen) atoms. The number of carboxylic acids is 1. The van der Waals surface area contributed by atoms with Crippen LogP contribution < -0.4 is 38.6 Å². The topological polar surface area (TPSA) is 453 Å². The second kappa shape index (κ2) is 27.0. The quantitative estimate of drug-likeness (QED) is 0.0225. The molecule has 0 aromatic carbocycles. The lowest BCUT2D eigenvalue weighted by atomic mass is 10.0. The molecule has 4 saturated heterocycles. The highest BCUT2D eigenvalue weighted by Gasteiger charge is 2.58.